The Balaban J connectivity index is 2.74. The van der Waals surface area contributed by atoms with Crippen molar-refractivity contribution in [2.75, 3.05) is 5.73 Å². The molecule has 0 unspecified atom stereocenters. The molecule has 0 saturated carbocycles. The molecule has 0 radical (unpaired) electrons. The molecule has 1 aromatic rings. The van der Waals surface area contributed by atoms with Gasteiger partial charge >= 0.3 is 0 Å². The third kappa shape index (κ3) is 1.24. The zero-order valence-corrected chi connectivity index (χ0v) is 5.74. The van der Waals surface area contributed by atoms with Crippen LogP contribution in [0, 0.1) is 0 Å². The molecule has 0 bridgehead atoms. The first-order valence-corrected chi connectivity index (χ1v) is 3.08. The van der Waals surface area contributed by atoms with Crippen LogP contribution < -0.4 is 11.5 Å². The van der Waals surface area contributed by atoms with Crippen LogP contribution in [0.1, 0.15) is 25.3 Å². The van der Waals surface area contributed by atoms with E-state index in [4.69, 9.17) is 16.0 Å². The molecule has 56 valence electrons. The Morgan fingerprint density at radius 2 is 2.40 bits per heavy atom. The van der Waals surface area contributed by atoms with E-state index in [9.17, 15) is 0 Å². The minimum absolute atomic E-state index is 0.138. The van der Waals surface area contributed by atoms with E-state index < -0.39 is 0 Å². The van der Waals surface area contributed by atoms with Crippen molar-refractivity contribution in [1.82, 2.24) is 10.1 Å². The standard InChI is InChI=1S/C5H10N4O/c1-2-3(6)4-8-5(7)9-10-4/h3H,2,6H2,1H3,(H2,7,9)/t3-/m1/s1. The number of aromatic nitrogens is 2. The molecular formula is C5H10N4O. The van der Waals surface area contributed by atoms with E-state index in [1.54, 1.807) is 0 Å². The monoisotopic (exact) mass is 142 g/mol. The summed E-state index contributed by atoms with van der Waals surface area (Å²) in [6.07, 6.45) is 0.766. The number of anilines is 1. The van der Waals surface area contributed by atoms with Gasteiger partial charge in [0.1, 0.15) is 0 Å². The predicted octanol–water partition coefficient (Wildman–Crippen LogP) is 0.0616. The summed E-state index contributed by atoms with van der Waals surface area (Å²) in [4.78, 5) is 3.76. The molecule has 0 aliphatic heterocycles. The van der Waals surface area contributed by atoms with E-state index in [0.29, 0.717) is 5.89 Å². The SMILES string of the molecule is CC[C@@H](N)c1nc(N)no1. The van der Waals surface area contributed by atoms with Gasteiger partial charge in [-0.05, 0) is 11.6 Å². The van der Waals surface area contributed by atoms with Gasteiger partial charge < -0.3 is 16.0 Å². The van der Waals surface area contributed by atoms with Gasteiger partial charge in [0.05, 0.1) is 6.04 Å². The van der Waals surface area contributed by atoms with E-state index in [1.165, 1.54) is 0 Å². The highest BCUT2D eigenvalue weighted by Crippen LogP contribution is 2.10. The normalized spacial score (nSPS) is 13.4. The van der Waals surface area contributed by atoms with Crippen molar-refractivity contribution < 1.29 is 4.52 Å². The molecule has 4 N–H and O–H groups in total. The second-order valence-corrected chi connectivity index (χ2v) is 2.01. The Morgan fingerprint density at radius 3 is 2.80 bits per heavy atom. The number of hydrogen-bond donors (Lipinski definition) is 2. The minimum atomic E-state index is -0.190. The zero-order valence-electron chi connectivity index (χ0n) is 5.74. The lowest BCUT2D eigenvalue weighted by atomic mass is 10.2. The van der Waals surface area contributed by atoms with Gasteiger partial charge in [0.15, 0.2) is 0 Å². The first-order chi connectivity index (χ1) is 4.74. The summed E-state index contributed by atoms with van der Waals surface area (Å²) in [7, 11) is 0. The Hall–Kier alpha value is -1.10. The summed E-state index contributed by atoms with van der Waals surface area (Å²) in [5.41, 5.74) is 10.8. The van der Waals surface area contributed by atoms with E-state index in [1.807, 2.05) is 6.92 Å². The lowest BCUT2D eigenvalue weighted by Crippen LogP contribution is -2.08. The molecule has 0 aliphatic rings. The van der Waals surface area contributed by atoms with Crippen LogP contribution in [-0.4, -0.2) is 10.1 Å². The van der Waals surface area contributed by atoms with Crippen LogP contribution in [0.25, 0.3) is 0 Å². The van der Waals surface area contributed by atoms with Gasteiger partial charge in [0, 0.05) is 0 Å². The van der Waals surface area contributed by atoms with Crippen LogP contribution in [0.15, 0.2) is 4.52 Å². The van der Waals surface area contributed by atoms with Crippen molar-refractivity contribution in [2.24, 2.45) is 5.73 Å². The molecule has 5 heteroatoms. The van der Waals surface area contributed by atoms with Crippen LogP contribution in [0.3, 0.4) is 0 Å². The second-order valence-electron chi connectivity index (χ2n) is 2.01. The fourth-order valence-electron chi connectivity index (χ4n) is 0.572. The molecule has 0 saturated heterocycles. The largest absolute Gasteiger partial charge is 0.365 e. The third-order valence-corrected chi connectivity index (χ3v) is 1.21. The molecule has 1 aromatic heterocycles. The second kappa shape index (κ2) is 2.66. The van der Waals surface area contributed by atoms with Crippen molar-refractivity contribution in [2.45, 2.75) is 19.4 Å². The molecule has 5 nitrogen and oxygen atoms in total. The van der Waals surface area contributed by atoms with Gasteiger partial charge in [-0.15, -0.1) is 0 Å². The van der Waals surface area contributed by atoms with E-state index in [-0.39, 0.29) is 12.0 Å². The summed E-state index contributed by atoms with van der Waals surface area (Å²) in [6, 6.07) is -0.190. The molecule has 0 spiro atoms. The molecular weight excluding hydrogens is 132 g/mol. The van der Waals surface area contributed by atoms with E-state index >= 15 is 0 Å². The van der Waals surface area contributed by atoms with E-state index in [2.05, 4.69) is 10.1 Å². The molecule has 0 aromatic carbocycles. The van der Waals surface area contributed by atoms with Crippen molar-refractivity contribution in [1.29, 1.82) is 0 Å². The Kier molecular flexibility index (Phi) is 1.86. The van der Waals surface area contributed by atoms with Gasteiger partial charge in [0.2, 0.25) is 5.89 Å². The lowest BCUT2D eigenvalue weighted by Gasteiger charge is -1.98. The van der Waals surface area contributed by atoms with Gasteiger partial charge in [-0.2, -0.15) is 4.98 Å². The topological polar surface area (TPSA) is 91.0 Å². The van der Waals surface area contributed by atoms with Crippen LogP contribution in [0.2, 0.25) is 0 Å². The summed E-state index contributed by atoms with van der Waals surface area (Å²) in [6.45, 7) is 1.94. The summed E-state index contributed by atoms with van der Waals surface area (Å²) >= 11 is 0. The molecule has 1 rings (SSSR count). The van der Waals surface area contributed by atoms with Gasteiger partial charge in [-0.1, -0.05) is 6.92 Å². The maximum atomic E-state index is 5.56. The number of nitrogens with zero attached hydrogens (tertiary/aromatic N) is 2. The molecule has 10 heavy (non-hydrogen) atoms. The average Bonchev–Trinajstić information content (AvgIpc) is 2.34. The Bertz CT molecular complexity index is 209. The zero-order chi connectivity index (χ0) is 7.56. The highest BCUT2D eigenvalue weighted by Gasteiger charge is 2.10. The van der Waals surface area contributed by atoms with Crippen molar-refractivity contribution >= 4 is 5.95 Å². The van der Waals surface area contributed by atoms with Gasteiger partial charge in [0.25, 0.3) is 5.95 Å². The molecule has 0 amide bonds. The Morgan fingerprint density at radius 1 is 1.70 bits per heavy atom. The molecule has 1 atom stereocenters. The average molecular weight is 142 g/mol. The molecule has 1 heterocycles. The molecule has 0 aliphatic carbocycles. The minimum Gasteiger partial charge on any atom is -0.365 e. The predicted molar refractivity (Wildman–Crippen MR) is 35.9 cm³/mol. The summed E-state index contributed by atoms with van der Waals surface area (Å²) < 4.78 is 4.71. The van der Waals surface area contributed by atoms with Crippen LogP contribution >= 0.6 is 0 Å². The first-order valence-electron chi connectivity index (χ1n) is 3.08. The highest BCUT2D eigenvalue weighted by atomic mass is 16.5. The number of hydrogen-bond acceptors (Lipinski definition) is 5. The maximum absolute atomic E-state index is 5.56. The van der Waals surface area contributed by atoms with Crippen molar-refractivity contribution in [3.63, 3.8) is 0 Å². The van der Waals surface area contributed by atoms with Crippen LogP contribution in [0.4, 0.5) is 5.95 Å². The lowest BCUT2D eigenvalue weighted by molar-refractivity contribution is 0.353. The highest BCUT2D eigenvalue weighted by molar-refractivity contribution is 5.11. The summed E-state index contributed by atoms with van der Waals surface area (Å²) in [5, 5.41) is 3.40. The van der Waals surface area contributed by atoms with Crippen LogP contribution in [-0.2, 0) is 0 Å². The van der Waals surface area contributed by atoms with Crippen LogP contribution in [0.5, 0.6) is 0 Å². The molecule has 0 fully saturated rings. The van der Waals surface area contributed by atoms with E-state index in [0.717, 1.165) is 6.42 Å². The van der Waals surface area contributed by atoms with Gasteiger partial charge in [-0.25, -0.2) is 0 Å². The Labute approximate surface area is 58.4 Å². The smallest absolute Gasteiger partial charge is 0.260 e. The fourth-order valence-corrected chi connectivity index (χ4v) is 0.572. The number of nitrogen functional groups attached to an aromatic ring is 1. The number of rotatable bonds is 2. The quantitative estimate of drug-likeness (QED) is 0.609. The number of nitrogens with two attached hydrogens (primary N) is 2. The van der Waals surface area contributed by atoms with Crippen molar-refractivity contribution in [3.05, 3.63) is 5.89 Å². The van der Waals surface area contributed by atoms with Crippen molar-refractivity contribution in [3.8, 4) is 0 Å². The maximum Gasteiger partial charge on any atom is 0.260 e. The van der Waals surface area contributed by atoms with Gasteiger partial charge in [-0.3, -0.25) is 0 Å². The first kappa shape index (κ1) is 7.01. The third-order valence-electron chi connectivity index (χ3n) is 1.21. The fraction of sp³-hybridized carbons (Fsp3) is 0.600. The summed E-state index contributed by atoms with van der Waals surface area (Å²) in [5.74, 6) is 0.541.